The lowest BCUT2D eigenvalue weighted by Crippen LogP contribution is -2.30. The number of nitrogen functional groups attached to an aromatic ring is 1. The number of hydrogen-bond donors (Lipinski definition) is 2. The topological polar surface area (TPSA) is 55.5 Å². The molecule has 86 valence electrons. The summed E-state index contributed by atoms with van der Waals surface area (Å²) in [6, 6.07) is 15.2. The van der Waals surface area contributed by atoms with Crippen LogP contribution in [0.15, 0.2) is 48.5 Å². The highest BCUT2D eigenvalue weighted by Gasteiger charge is 2.14. The van der Waals surface area contributed by atoms with Gasteiger partial charge in [-0.2, -0.15) is 0 Å². The van der Waals surface area contributed by atoms with Crippen LogP contribution in [-0.2, 0) is 2.98 Å². The molecule has 17 heavy (non-hydrogen) atoms. The molecule has 0 saturated heterocycles. The molecule has 2 rings (SSSR count). The van der Waals surface area contributed by atoms with Gasteiger partial charge in [0.25, 0.3) is 0 Å². The van der Waals surface area contributed by atoms with Gasteiger partial charge in [-0.3, -0.25) is 0 Å². The third kappa shape index (κ3) is 2.80. The maximum Gasteiger partial charge on any atom is 0.500 e. The number of hydrogen-bond acceptors (Lipinski definition) is 3. The fourth-order valence-electron chi connectivity index (χ4n) is 1.64. The minimum absolute atomic E-state index is 0.720. The largest absolute Gasteiger partial charge is 0.500 e. The third-order valence-electron chi connectivity index (χ3n) is 2.55. The van der Waals surface area contributed by atoms with Gasteiger partial charge >= 0.3 is 7.12 Å². The number of halogens is 1. The maximum absolute atomic E-state index is 9.49. The number of benzene rings is 2. The number of rotatable bonds is 3. The van der Waals surface area contributed by atoms with E-state index in [1.165, 1.54) is 0 Å². The second kappa shape index (κ2) is 5.53. The Kier molecular flexibility index (Phi) is 4.04. The van der Waals surface area contributed by atoms with Gasteiger partial charge in [0.2, 0.25) is 0 Å². The molecular weight excluding hydrogens is 328 g/mol. The van der Waals surface area contributed by atoms with E-state index in [-0.39, 0.29) is 0 Å². The zero-order valence-corrected chi connectivity index (χ0v) is 11.2. The fourth-order valence-corrected chi connectivity index (χ4v) is 1.93. The summed E-state index contributed by atoms with van der Waals surface area (Å²) >= 11 is 1.67. The van der Waals surface area contributed by atoms with Gasteiger partial charge in [-0.1, -0.05) is 42.5 Å². The predicted molar refractivity (Wildman–Crippen MR) is 79.0 cm³/mol. The molecule has 0 aliphatic carbocycles. The average Bonchev–Trinajstić information content (AvgIpc) is 2.39. The lowest BCUT2D eigenvalue weighted by molar-refractivity contribution is 0.492. The molecule has 0 bridgehead atoms. The van der Waals surface area contributed by atoms with Crippen molar-refractivity contribution in [2.24, 2.45) is 0 Å². The van der Waals surface area contributed by atoms with Gasteiger partial charge in [0.15, 0.2) is 0 Å². The molecule has 3 nitrogen and oxygen atoms in total. The van der Waals surface area contributed by atoms with Gasteiger partial charge in [0, 0.05) is 11.3 Å². The van der Waals surface area contributed by atoms with Crippen molar-refractivity contribution in [3.63, 3.8) is 0 Å². The van der Waals surface area contributed by atoms with Crippen molar-refractivity contribution >= 4 is 41.3 Å². The Balaban J connectivity index is 2.33. The van der Waals surface area contributed by atoms with Crippen LogP contribution in [0.4, 0.5) is 5.69 Å². The molecule has 0 aromatic heterocycles. The lowest BCUT2D eigenvalue weighted by atomic mass is 9.80. The van der Waals surface area contributed by atoms with E-state index in [0.29, 0.717) is 0 Å². The molecule has 3 N–H and O–H groups in total. The Hall–Kier alpha value is -1.05. The summed E-state index contributed by atoms with van der Waals surface area (Å²) < 4.78 is 4.81. The second-order valence-corrected chi connectivity index (χ2v) is 4.16. The molecule has 2 aromatic carbocycles. The van der Waals surface area contributed by atoms with Crippen LogP contribution in [0, 0.1) is 0 Å². The Bertz CT molecular complexity index is 504. The van der Waals surface area contributed by atoms with E-state index >= 15 is 0 Å². The summed E-state index contributed by atoms with van der Waals surface area (Å²) in [6.45, 7) is 0. The van der Waals surface area contributed by atoms with Crippen molar-refractivity contribution in [3.05, 3.63) is 48.5 Å². The van der Waals surface area contributed by atoms with Gasteiger partial charge < -0.3 is 13.7 Å². The van der Waals surface area contributed by atoms with E-state index < -0.39 is 7.12 Å². The third-order valence-corrected chi connectivity index (χ3v) is 3.03. The molecule has 5 heteroatoms. The SMILES string of the molecule is Nc1ccccc1-c1ccc(B(O)OI)cc1. The van der Waals surface area contributed by atoms with Crippen molar-refractivity contribution in [1.82, 2.24) is 0 Å². The highest BCUT2D eigenvalue weighted by molar-refractivity contribution is 14.1. The first-order valence-electron chi connectivity index (χ1n) is 5.12. The maximum atomic E-state index is 9.49. The zero-order valence-electron chi connectivity index (χ0n) is 9.01. The van der Waals surface area contributed by atoms with Crippen LogP contribution < -0.4 is 11.2 Å². The summed E-state index contributed by atoms with van der Waals surface area (Å²) in [5.41, 5.74) is 9.37. The Morgan fingerprint density at radius 1 is 1.06 bits per heavy atom. The number of anilines is 1. The standard InChI is InChI=1S/C12H11BINO2/c14-17-13(16)10-7-5-9(6-8-10)11-3-1-2-4-12(11)15/h1-8,16H,15H2. The van der Waals surface area contributed by atoms with Gasteiger partial charge in [0.1, 0.15) is 0 Å². The minimum Gasteiger partial charge on any atom is -0.423 e. The summed E-state index contributed by atoms with van der Waals surface area (Å²) in [7, 11) is -0.891. The van der Waals surface area contributed by atoms with E-state index in [2.05, 4.69) is 0 Å². The van der Waals surface area contributed by atoms with Crippen molar-refractivity contribution in [1.29, 1.82) is 0 Å². The van der Waals surface area contributed by atoms with Crippen LogP contribution in [0.25, 0.3) is 11.1 Å². The van der Waals surface area contributed by atoms with E-state index in [0.717, 1.165) is 22.3 Å². The first-order valence-corrected chi connectivity index (χ1v) is 6.01. The number of nitrogens with two attached hydrogens (primary N) is 1. The molecule has 0 aliphatic heterocycles. The van der Waals surface area contributed by atoms with Crippen LogP contribution in [-0.4, -0.2) is 12.1 Å². The quantitative estimate of drug-likeness (QED) is 0.511. The molecule has 0 saturated carbocycles. The van der Waals surface area contributed by atoms with E-state index in [4.69, 9.17) is 8.72 Å². The molecule has 0 amide bonds. The van der Waals surface area contributed by atoms with Crippen molar-refractivity contribution in [2.75, 3.05) is 5.73 Å². The fraction of sp³-hybridized carbons (Fsp3) is 0. The second-order valence-electron chi connectivity index (χ2n) is 3.65. The number of para-hydroxylation sites is 1. The summed E-state index contributed by atoms with van der Waals surface area (Å²) in [5, 5.41) is 9.49. The van der Waals surface area contributed by atoms with Crippen molar-refractivity contribution in [2.45, 2.75) is 0 Å². The van der Waals surface area contributed by atoms with Crippen LogP contribution in [0.2, 0.25) is 0 Å². The normalized spacial score (nSPS) is 10.2. The van der Waals surface area contributed by atoms with Crippen molar-refractivity contribution in [3.8, 4) is 11.1 Å². The molecule has 0 atom stereocenters. The van der Waals surface area contributed by atoms with E-state index in [9.17, 15) is 5.02 Å². The van der Waals surface area contributed by atoms with Crippen LogP contribution in [0.1, 0.15) is 0 Å². The molecule has 0 fully saturated rings. The molecule has 0 heterocycles. The van der Waals surface area contributed by atoms with E-state index in [1.807, 2.05) is 48.5 Å². The first-order chi connectivity index (χ1) is 8.22. The van der Waals surface area contributed by atoms with Gasteiger partial charge in [0.05, 0.1) is 23.0 Å². The highest BCUT2D eigenvalue weighted by atomic mass is 127. The van der Waals surface area contributed by atoms with Crippen LogP contribution in [0.3, 0.4) is 0 Å². The summed E-state index contributed by atoms with van der Waals surface area (Å²) in [6.07, 6.45) is 0. The zero-order chi connectivity index (χ0) is 12.3. The average molecular weight is 339 g/mol. The predicted octanol–water partition coefficient (Wildman–Crippen LogP) is 1.99. The Labute approximate surface area is 114 Å². The van der Waals surface area contributed by atoms with E-state index in [1.54, 1.807) is 23.0 Å². The highest BCUT2D eigenvalue weighted by Crippen LogP contribution is 2.24. The Morgan fingerprint density at radius 2 is 1.71 bits per heavy atom. The summed E-state index contributed by atoms with van der Waals surface area (Å²) in [4.78, 5) is 0. The molecule has 0 aliphatic rings. The monoisotopic (exact) mass is 339 g/mol. The summed E-state index contributed by atoms with van der Waals surface area (Å²) in [5.74, 6) is 0. The van der Waals surface area contributed by atoms with Crippen LogP contribution in [0.5, 0.6) is 0 Å². The minimum atomic E-state index is -0.891. The molecule has 2 aromatic rings. The first kappa shape index (κ1) is 12.4. The Morgan fingerprint density at radius 3 is 2.29 bits per heavy atom. The molecule has 0 radical (unpaired) electrons. The lowest BCUT2D eigenvalue weighted by Gasteiger charge is -2.07. The van der Waals surface area contributed by atoms with Gasteiger partial charge in [-0.05, 0) is 17.1 Å². The smallest absolute Gasteiger partial charge is 0.423 e. The van der Waals surface area contributed by atoms with Gasteiger partial charge in [-0.25, -0.2) is 0 Å². The molecule has 0 unspecified atom stereocenters. The van der Waals surface area contributed by atoms with Crippen molar-refractivity contribution < 1.29 is 8.01 Å². The van der Waals surface area contributed by atoms with Gasteiger partial charge in [-0.15, -0.1) is 0 Å². The molecular formula is C12H11BINO2. The van der Waals surface area contributed by atoms with Crippen LogP contribution >= 0.6 is 23.0 Å². The molecule has 0 spiro atoms.